The number of benzene rings is 1. The fourth-order valence-electron chi connectivity index (χ4n) is 3.94. The molecule has 1 aliphatic heterocycles. The predicted molar refractivity (Wildman–Crippen MR) is 113 cm³/mol. The minimum Gasteiger partial charge on any atom is -0.506 e. The van der Waals surface area contributed by atoms with Crippen molar-refractivity contribution in [2.75, 3.05) is 19.0 Å². The van der Waals surface area contributed by atoms with E-state index in [0.717, 1.165) is 11.4 Å². The number of nitrogens with one attached hydrogen (secondary N) is 1. The van der Waals surface area contributed by atoms with Crippen molar-refractivity contribution < 1.29 is 14.3 Å². The van der Waals surface area contributed by atoms with Crippen LogP contribution in [-0.4, -0.2) is 34.7 Å². The average molecular weight is 410 g/mol. The Morgan fingerprint density at radius 2 is 2.13 bits per heavy atom. The van der Waals surface area contributed by atoms with E-state index in [4.69, 9.17) is 0 Å². The Morgan fingerprint density at radius 3 is 2.80 bits per heavy atom. The molecule has 2 aromatic heterocycles. The summed E-state index contributed by atoms with van der Waals surface area (Å²) >= 11 is 0. The van der Waals surface area contributed by atoms with E-state index in [2.05, 4.69) is 10.3 Å². The Balaban J connectivity index is 1.72. The molecule has 1 atom stereocenters. The Kier molecular flexibility index (Phi) is 4.93. The van der Waals surface area contributed by atoms with Crippen LogP contribution in [0.2, 0.25) is 0 Å². The van der Waals surface area contributed by atoms with Crippen LogP contribution in [0.1, 0.15) is 40.9 Å². The summed E-state index contributed by atoms with van der Waals surface area (Å²) in [6.45, 7) is 2.02. The fraction of sp³-hybridized carbons (Fsp3) is 0.318. The quantitative estimate of drug-likeness (QED) is 0.691. The molecule has 0 spiro atoms. The third-order valence-corrected chi connectivity index (χ3v) is 5.54. The lowest BCUT2D eigenvalue weighted by Gasteiger charge is -2.26. The highest BCUT2D eigenvalue weighted by Gasteiger charge is 2.28. The molecular formula is C22H23FN4O3. The van der Waals surface area contributed by atoms with Crippen LogP contribution in [0, 0.1) is 5.82 Å². The number of anilines is 1. The van der Waals surface area contributed by atoms with Gasteiger partial charge in [0.2, 0.25) is 0 Å². The number of rotatable bonds is 4. The molecular weight excluding hydrogens is 387 g/mol. The molecule has 2 N–H and O–H groups in total. The van der Waals surface area contributed by atoms with Gasteiger partial charge in [0.1, 0.15) is 22.9 Å². The summed E-state index contributed by atoms with van der Waals surface area (Å²) in [6, 6.07) is 6.03. The summed E-state index contributed by atoms with van der Waals surface area (Å²) in [5, 5.41) is 13.6. The molecule has 0 saturated carbocycles. The Bertz CT molecular complexity index is 1200. The monoisotopic (exact) mass is 410 g/mol. The Hall–Kier alpha value is -3.42. The number of carbonyl (C=O) groups excluding carboxylic acids is 1. The molecule has 1 amide bonds. The van der Waals surface area contributed by atoms with Gasteiger partial charge in [-0.15, -0.1) is 0 Å². The van der Waals surface area contributed by atoms with Gasteiger partial charge < -0.3 is 19.9 Å². The maximum atomic E-state index is 14.1. The highest BCUT2D eigenvalue weighted by atomic mass is 19.1. The van der Waals surface area contributed by atoms with Gasteiger partial charge in [0.25, 0.3) is 11.5 Å². The van der Waals surface area contributed by atoms with Crippen LogP contribution in [0.15, 0.2) is 35.3 Å². The van der Waals surface area contributed by atoms with Crippen LogP contribution in [0.3, 0.4) is 0 Å². The molecule has 1 unspecified atom stereocenters. The van der Waals surface area contributed by atoms with Gasteiger partial charge in [-0.05, 0) is 49.1 Å². The number of aromatic nitrogens is 2. The van der Waals surface area contributed by atoms with Crippen molar-refractivity contribution in [2.45, 2.75) is 32.4 Å². The van der Waals surface area contributed by atoms with E-state index < -0.39 is 23.0 Å². The highest BCUT2D eigenvalue weighted by Crippen LogP contribution is 2.35. The van der Waals surface area contributed by atoms with Crippen molar-refractivity contribution in [3.63, 3.8) is 0 Å². The first-order valence-corrected chi connectivity index (χ1v) is 9.78. The molecule has 3 heterocycles. The highest BCUT2D eigenvalue weighted by molar-refractivity contribution is 6.03. The SMILES string of the molecule is CC1CCc2cc(F)cc3c(O)c(C(=O)NCc4ccc(N(C)C)nc4)c(=O)n1c23. The molecule has 1 aliphatic rings. The second kappa shape index (κ2) is 7.44. The van der Waals surface area contributed by atoms with Crippen LogP contribution < -0.4 is 15.8 Å². The first-order valence-electron chi connectivity index (χ1n) is 9.78. The maximum absolute atomic E-state index is 14.1. The van der Waals surface area contributed by atoms with Crippen molar-refractivity contribution in [3.05, 3.63) is 63.3 Å². The van der Waals surface area contributed by atoms with Gasteiger partial charge in [-0.25, -0.2) is 9.37 Å². The fourth-order valence-corrected chi connectivity index (χ4v) is 3.94. The predicted octanol–water partition coefficient (Wildman–Crippen LogP) is 2.74. The molecule has 4 rings (SSSR count). The number of hydrogen-bond donors (Lipinski definition) is 2. The third kappa shape index (κ3) is 3.28. The van der Waals surface area contributed by atoms with E-state index in [1.807, 2.05) is 38.1 Å². The molecule has 30 heavy (non-hydrogen) atoms. The van der Waals surface area contributed by atoms with Gasteiger partial charge >= 0.3 is 0 Å². The number of halogens is 1. The number of aryl methyl sites for hydroxylation is 1. The lowest BCUT2D eigenvalue weighted by Crippen LogP contribution is -2.36. The smallest absolute Gasteiger partial charge is 0.267 e. The second-order valence-electron chi connectivity index (χ2n) is 7.85. The van der Waals surface area contributed by atoms with E-state index in [0.29, 0.717) is 23.9 Å². The zero-order valence-corrected chi connectivity index (χ0v) is 17.1. The molecule has 3 aromatic rings. The van der Waals surface area contributed by atoms with Crippen LogP contribution in [0.5, 0.6) is 5.75 Å². The third-order valence-electron chi connectivity index (χ3n) is 5.54. The van der Waals surface area contributed by atoms with Gasteiger partial charge in [0.05, 0.1) is 5.52 Å². The number of aromatic hydroxyl groups is 1. The Morgan fingerprint density at radius 1 is 1.37 bits per heavy atom. The number of pyridine rings is 2. The van der Waals surface area contributed by atoms with Gasteiger partial charge in [-0.2, -0.15) is 0 Å². The maximum Gasteiger partial charge on any atom is 0.267 e. The van der Waals surface area contributed by atoms with Crippen molar-refractivity contribution in [3.8, 4) is 5.75 Å². The topological polar surface area (TPSA) is 87.5 Å². The lowest BCUT2D eigenvalue weighted by atomic mass is 9.95. The largest absolute Gasteiger partial charge is 0.506 e. The van der Waals surface area contributed by atoms with Gasteiger partial charge in [0, 0.05) is 38.3 Å². The van der Waals surface area contributed by atoms with Crippen molar-refractivity contribution in [1.29, 1.82) is 0 Å². The standard InChI is InChI=1S/C22H23FN4O3/c1-12-4-6-14-8-15(23)9-16-19(14)27(12)22(30)18(20(16)28)21(29)25-11-13-5-7-17(24-10-13)26(2)3/h5,7-10,12,28H,4,6,11H2,1-3H3,(H,25,29). The first kappa shape index (κ1) is 19.9. The molecule has 0 radical (unpaired) electrons. The summed E-state index contributed by atoms with van der Waals surface area (Å²) in [5.74, 6) is -0.921. The van der Waals surface area contributed by atoms with Crippen molar-refractivity contribution in [2.24, 2.45) is 0 Å². The molecule has 0 aliphatic carbocycles. The van der Waals surface area contributed by atoms with E-state index in [9.17, 15) is 19.1 Å². The second-order valence-corrected chi connectivity index (χ2v) is 7.85. The minimum absolute atomic E-state index is 0.139. The van der Waals surface area contributed by atoms with Crippen LogP contribution >= 0.6 is 0 Å². The molecule has 0 bridgehead atoms. The summed E-state index contributed by atoms with van der Waals surface area (Å²) < 4.78 is 15.6. The van der Waals surface area contributed by atoms with Gasteiger partial charge in [-0.3, -0.25) is 9.59 Å². The van der Waals surface area contributed by atoms with Crippen molar-refractivity contribution >= 4 is 22.6 Å². The zero-order valence-electron chi connectivity index (χ0n) is 17.1. The normalized spacial score (nSPS) is 15.3. The van der Waals surface area contributed by atoms with E-state index in [1.54, 1.807) is 6.20 Å². The van der Waals surface area contributed by atoms with E-state index in [-0.39, 0.29) is 23.5 Å². The summed E-state index contributed by atoms with van der Waals surface area (Å²) in [6.07, 6.45) is 2.90. The Labute approximate surface area is 172 Å². The number of nitrogens with zero attached hydrogens (tertiary/aromatic N) is 3. The molecule has 0 fully saturated rings. The average Bonchev–Trinajstić information content (AvgIpc) is 2.71. The van der Waals surface area contributed by atoms with E-state index >= 15 is 0 Å². The first-order chi connectivity index (χ1) is 14.3. The molecule has 8 heteroatoms. The van der Waals surface area contributed by atoms with Gasteiger partial charge in [-0.1, -0.05) is 6.07 Å². The minimum atomic E-state index is -0.705. The van der Waals surface area contributed by atoms with Crippen LogP contribution in [0.4, 0.5) is 10.2 Å². The molecule has 156 valence electrons. The van der Waals surface area contributed by atoms with Crippen molar-refractivity contribution in [1.82, 2.24) is 14.9 Å². The van der Waals surface area contributed by atoms with Crippen LogP contribution in [-0.2, 0) is 13.0 Å². The van der Waals surface area contributed by atoms with E-state index in [1.165, 1.54) is 16.7 Å². The summed E-state index contributed by atoms with van der Waals surface area (Å²) in [7, 11) is 3.75. The van der Waals surface area contributed by atoms with Gasteiger partial charge in [0.15, 0.2) is 0 Å². The zero-order chi connectivity index (χ0) is 21.6. The molecule has 7 nitrogen and oxygen atoms in total. The molecule has 1 aromatic carbocycles. The number of carbonyl (C=O) groups is 1. The number of hydrogen-bond acceptors (Lipinski definition) is 5. The summed E-state index contributed by atoms with van der Waals surface area (Å²) in [4.78, 5) is 32.1. The molecule has 0 saturated heterocycles. The number of amides is 1. The summed E-state index contributed by atoms with van der Waals surface area (Å²) in [5.41, 5.74) is 0.967. The van der Waals surface area contributed by atoms with Crippen LogP contribution in [0.25, 0.3) is 10.9 Å². The lowest BCUT2D eigenvalue weighted by molar-refractivity contribution is 0.0946.